The molecule has 60 valence electrons. The van der Waals surface area contributed by atoms with E-state index in [1.165, 1.54) is 0 Å². The molecule has 0 heterocycles. The molecule has 0 spiro atoms. The van der Waals surface area contributed by atoms with Crippen LogP contribution in [0.1, 0.15) is 12.4 Å². The molecular weight excluding hydrogens is 142 g/mol. The van der Waals surface area contributed by atoms with E-state index >= 15 is 0 Å². The van der Waals surface area contributed by atoms with E-state index in [1.54, 1.807) is 0 Å². The molecule has 0 amide bonds. The van der Waals surface area contributed by atoms with Crippen LogP contribution in [-0.2, 0) is 6.37 Å². The number of phenolic OH excluding ortho intramolecular Hbond substituents is 2. The summed E-state index contributed by atoms with van der Waals surface area (Å²) in [5.41, 5.74) is -0.974. The number of hydrogen-bond donors (Lipinski definition) is 3. The van der Waals surface area contributed by atoms with E-state index in [0.29, 0.717) is 0 Å². The minimum atomic E-state index is -3.05. The van der Waals surface area contributed by atoms with Gasteiger partial charge in [-0.25, -0.2) is 0 Å². The lowest BCUT2D eigenvalue weighted by molar-refractivity contribution is 0.403. The third kappa shape index (κ3) is 1.85. The third-order valence-electron chi connectivity index (χ3n) is 1.06. The van der Waals surface area contributed by atoms with Crippen LogP contribution in [0.2, 0.25) is 2.82 Å². The quantitative estimate of drug-likeness (QED) is 0.555. The first-order chi connectivity index (χ1) is 9.11. The smallest absolute Gasteiger partial charge is 0.293 e. The van der Waals surface area contributed by atoms with Crippen molar-refractivity contribution in [2.24, 2.45) is 5.72 Å². The second kappa shape index (κ2) is 3.25. The van der Waals surface area contributed by atoms with Crippen molar-refractivity contribution in [1.29, 1.82) is 2.86 Å². The summed E-state index contributed by atoms with van der Waals surface area (Å²) < 4.78 is 65.4. The van der Waals surface area contributed by atoms with Crippen LogP contribution in [-0.4, -0.2) is 19.6 Å². The molecule has 0 aliphatic heterocycles. The molecule has 1 aromatic carbocycles. The molecule has 1 aromatic rings. The molecule has 0 atom stereocenters. The van der Waals surface area contributed by atoms with Crippen molar-refractivity contribution in [2.75, 3.05) is 6.50 Å². The lowest BCUT2D eigenvalue weighted by Crippen LogP contribution is -2.02. The fourth-order valence-corrected chi connectivity index (χ4v) is 0.593. The van der Waals surface area contributed by atoms with Crippen LogP contribution in [0.4, 0.5) is 0 Å². The van der Waals surface area contributed by atoms with Gasteiger partial charge in [0.2, 0.25) is 0 Å². The Hall–Kier alpha value is -1.22. The molecule has 0 aliphatic carbocycles. The van der Waals surface area contributed by atoms with Gasteiger partial charge in [0.05, 0.1) is 1.37 Å². The standard InChI is InChI=1S/C8H11NO2/c9-4-3-6-1-2-7(10)8(11)5-6/h1-2,5,10-11H,3-4,9H2/i3D2,4D2,5D/hD4. The Morgan fingerprint density at radius 2 is 2.55 bits per heavy atom. The maximum Gasteiger partial charge on any atom is 0.293 e. The fourth-order valence-electron chi connectivity index (χ4n) is 0.593. The van der Waals surface area contributed by atoms with Crippen LogP contribution < -0.4 is 5.72 Å². The average Bonchev–Trinajstić information content (AvgIpc) is 2.37. The van der Waals surface area contributed by atoms with Gasteiger partial charge < -0.3 is 15.9 Å². The summed E-state index contributed by atoms with van der Waals surface area (Å²) in [6.45, 7) is -3.05. The molecule has 0 saturated heterocycles. The molecule has 0 saturated carbocycles. The Morgan fingerprint density at radius 1 is 1.64 bits per heavy atom. The second-order valence-electron chi connectivity index (χ2n) is 1.80. The molecule has 3 nitrogen and oxygen atoms in total. The number of rotatable bonds is 5. The summed E-state index contributed by atoms with van der Waals surface area (Å²) in [6.07, 6.45) is -2.90. The maximum absolute atomic E-state index is 7.73. The fraction of sp³-hybridized carbons (Fsp3) is 0.250. The number of aromatic hydroxyl groups is 2. The second-order valence-corrected chi connectivity index (χ2v) is 1.80. The van der Waals surface area contributed by atoms with Gasteiger partial charge in [0.15, 0.2) is 11.5 Å². The lowest BCUT2D eigenvalue weighted by Gasteiger charge is -2.00. The van der Waals surface area contributed by atoms with E-state index in [0.717, 1.165) is 12.1 Å². The normalized spacial score (nSPS) is 23.9. The lowest BCUT2D eigenvalue weighted by atomic mass is 10.1. The van der Waals surface area contributed by atoms with E-state index in [9.17, 15) is 0 Å². The third-order valence-corrected chi connectivity index (χ3v) is 1.06. The zero-order valence-electron chi connectivity index (χ0n) is 14.4. The van der Waals surface area contributed by atoms with E-state index in [1.807, 2.05) is 0 Å². The van der Waals surface area contributed by atoms with Crippen molar-refractivity contribution >= 4 is 0 Å². The summed E-state index contributed by atoms with van der Waals surface area (Å²) in [5, 5.41) is 8.20. The Kier molecular flexibility index (Phi) is 0.632. The zero-order chi connectivity index (χ0) is 15.7. The summed E-state index contributed by atoms with van der Waals surface area (Å²) >= 11 is 0. The van der Waals surface area contributed by atoms with Crippen molar-refractivity contribution in [1.82, 2.24) is 0 Å². The molecule has 0 bridgehead atoms. The highest BCUT2D eigenvalue weighted by Crippen LogP contribution is 2.24. The minimum absolute atomic E-state index is 0.307. The van der Waals surface area contributed by atoms with Gasteiger partial charge >= 0.3 is 0 Å². The first-order valence-corrected chi connectivity index (χ1v) is 2.79. The van der Waals surface area contributed by atoms with Gasteiger partial charge in [-0.2, -0.15) is 0 Å². The number of phenols is 2. The predicted octanol–water partition coefficient (Wildman–Crippen LogP) is 0.599. The Morgan fingerprint density at radius 3 is 3.27 bits per heavy atom. The molecule has 0 radical (unpaired) electrons. The van der Waals surface area contributed by atoms with E-state index < -0.39 is 35.9 Å². The van der Waals surface area contributed by atoms with Gasteiger partial charge in [-0.15, -0.1) is 0 Å². The Bertz CT molecular complexity index is 493. The monoisotopic (exact) mass is 162 g/mol. The van der Waals surface area contributed by atoms with Crippen LogP contribution >= 0.6 is 0 Å². The molecule has 4 N–H and O–H groups in total. The van der Waals surface area contributed by atoms with Gasteiger partial charge in [0.25, 0.3) is 2.86 Å². The van der Waals surface area contributed by atoms with Crippen LogP contribution in [0.3, 0.4) is 0 Å². The molecule has 0 fully saturated rings. The van der Waals surface area contributed by atoms with Crippen LogP contribution in [0.25, 0.3) is 0 Å². The number of benzene rings is 1. The first kappa shape index (κ1) is 2.14. The first-order valence-electron chi connectivity index (χ1n) is 7.00. The molecule has 3 heteroatoms. The molecule has 0 aliphatic rings. The van der Waals surface area contributed by atoms with Crippen LogP contribution in [0.5, 0.6) is 11.5 Å². The van der Waals surface area contributed by atoms with E-state index in [4.69, 9.17) is 12.5 Å². The summed E-state index contributed by atoms with van der Waals surface area (Å²) in [5.74, 6) is -0.864. The molecule has 0 unspecified atom stereocenters. The van der Waals surface area contributed by atoms with Crippen molar-refractivity contribution in [3.8, 4) is 11.5 Å². The van der Waals surface area contributed by atoms with Gasteiger partial charge in [-0.05, 0) is 30.5 Å². The number of aryl methyl sites for hydroxylation is 1. The largest absolute Gasteiger partial charge is 0.504 e. The predicted molar refractivity (Wildman–Crippen MR) is 42.5 cm³/mol. The summed E-state index contributed by atoms with van der Waals surface area (Å²) in [6, 6.07) is 1.33. The van der Waals surface area contributed by atoms with Crippen LogP contribution in [0.15, 0.2) is 18.2 Å². The highest BCUT2D eigenvalue weighted by molar-refractivity contribution is 5.40. The van der Waals surface area contributed by atoms with Gasteiger partial charge in [-0.1, -0.05) is 6.07 Å². The molecule has 11 heavy (non-hydrogen) atoms. The van der Waals surface area contributed by atoms with E-state index in [2.05, 4.69) is 10.2 Å². The van der Waals surface area contributed by atoms with Crippen LogP contribution in [0, 0.1) is 0 Å². The maximum atomic E-state index is 7.73. The highest BCUT2D eigenvalue weighted by Gasteiger charge is 1.98. The Balaban J connectivity index is 3.47. The molecular formula is C8H11NO2. The average molecular weight is 162 g/mol. The molecule has 0 aromatic heterocycles. The van der Waals surface area contributed by atoms with Crippen molar-refractivity contribution in [3.05, 3.63) is 23.7 Å². The molecule has 1 rings (SSSR count). The summed E-state index contributed by atoms with van der Waals surface area (Å²) in [7, 11) is 0. The SMILES string of the molecule is [2H]Oc1ccc(C([2H])([2H])C([2H])([2H])N([2H])[2H])c([2H])c1O[2H]. The van der Waals surface area contributed by atoms with Gasteiger partial charge in [-0.3, -0.25) is 0 Å². The highest BCUT2D eigenvalue weighted by atomic mass is 16.3. The van der Waals surface area contributed by atoms with Crippen molar-refractivity contribution < 1.29 is 19.9 Å². The topological polar surface area (TPSA) is 66.5 Å². The van der Waals surface area contributed by atoms with Crippen molar-refractivity contribution in [3.63, 3.8) is 0 Å². The van der Waals surface area contributed by atoms with Crippen molar-refractivity contribution in [2.45, 2.75) is 6.37 Å². The van der Waals surface area contributed by atoms with E-state index in [-0.39, 0.29) is 5.75 Å². The zero-order valence-corrected chi connectivity index (χ0v) is 5.42. The number of hydrogen-bond acceptors (Lipinski definition) is 3. The van der Waals surface area contributed by atoms with Gasteiger partial charge in [0.1, 0.15) is 2.82 Å². The summed E-state index contributed by atoms with van der Waals surface area (Å²) in [4.78, 5) is 0. The number of nitrogens with two attached hydrogens (primary N) is 1. The Labute approximate surface area is 78.0 Å². The minimum Gasteiger partial charge on any atom is -0.504 e. The van der Waals surface area contributed by atoms with Gasteiger partial charge in [0, 0.05) is 5.48 Å².